The van der Waals surface area contributed by atoms with Crippen molar-refractivity contribution in [2.45, 2.75) is 13.0 Å². The number of benzene rings is 2. The number of hydrogen-bond donors (Lipinski definition) is 1. The number of anilines is 2. The first-order chi connectivity index (χ1) is 12.0. The highest BCUT2D eigenvalue weighted by atomic mass is 32.2. The molecule has 0 saturated carbocycles. The van der Waals surface area contributed by atoms with Crippen LogP contribution in [-0.2, 0) is 14.8 Å². The smallest absolute Gasteiger partial charge is 0.248 e. The molecule has 2 aromatic rings. The van der Waals surface area contributed by atoms with Gasteiger partial charge >= 0.3 is 0 Å². The number of rotatable bonds is 5. The van der Waals surface area contributed by atoms with Crippen molar-refractivity contribution in [2.75, 3.05) is 15.9 Å². The molecule has 0 heterocycles. The molecule has 0 aromatic heterocycles. The molecule has 2 rings (SSSR count). The van der Waals surface area contributed by atoms with Crippen LogP contribution >= 0.6 is 0 Å². The monoisotopic (exact) mass is 390 g/mol. The van der Waals surface area contributed by atoms with Gasteiger partial charge in [-0.05, 0) is 31.2 Å². The average molecular weight is 390 g/mol. The molecular weight excluding hydrogens is 376 g/mol. The molecule has 1 amide bonds. The minimum atomic E-state index is -4.07. The number of halogens is 4. The van der Waals surface area contributed by atoms with E-state index in [1.54, 1.807) is 0 Å². The van der Waals surface area contributed by atoms with Gasteiger partial charge in [0.25, 0.3) is 0 Å². The third-order valence-corrected chi connectivity index (χ3v) is 4.68. The van der Waals surface area contributed by atoms with Gasteiger partial charge in [0.1, 0.15) is 17.7 Å². The van der Waals surface area contributed by atoms with Crippen molar-refractivity contribution in [1.29, 1.82) is 0 Å². The summed E-state index contributed by atoms with van der Waals surface area (Å²) in [6, 6.07) is 3.32. The molecule has 0 bridgehead atoms. The van der Waals surface area contributed by atoms with E-state index in [0.717, 1.165) is 24.5 Å². The fourth-order valence-corrected chi connectivity index (χ4v) is 3.43. The van der Waals surface area contributed by atoms with Crippen LogP contribution in [0.4, 0.5) is 28.9 Å². The quantitative estimate of drug-likeness (QED) is 0.798. The molecule has 0 radical (unpaired) electrons. The lowest BCUT2D eigenvalue weighted by Gasteiger charge is -2.28. The second-order valence-electron chi connectivity index (χ2n) is 5.45. The number of carbonyl (C=O) groups is 1. The molecule has 1 atom stereocenters. The van der Waals surface area contributed by atoms with Crippen molar-refractivity contribution in [3.8, 4) is 0 Å². The third-order valence-electron chi connectivity index (χ3n) is 3.44. The summed E-state index contributed by atoms with van der Waals surface area (Å²) in [5.41, 5.74) is -0.643. The minimum absolute atomic E-state index is 0.284. The van der Waals surface area contributed by atoms with Crippen molar-refractivity contribution >= 4 is 27.3 Å². The fourth-order valence-electron chi connectivity index (χ4n) is 2.26. The van der Waals surface area contributed by atoms with E-state index in [4.69, 9.17) is 0 Å². The fraction of sp³-hybridized carbons (Fsp3) is 0.188. The van der Waals surface area contributed by atoms with Gasteiger partial charge in [0, 0.05) is 12.1 Å². The lowest BCUT2D eigenvalue weighted by atomic mass is 10.2. The Morgan fingerprint density at radius 2 is 1.65 bits per heavy atom. The summed E-state index contributed by atoms with van der Waals surface area (Å²) in [6.45, 7) is 1.18. The van der Waals surface area contributed by atoms with Gasteiger partial charge in [-0.1, -0.05) is 0 Å². The molecule has 5 nitrogen and oxygen atoms in total. The second-order valence-corrected chi connectivity index (χ2v) is 7.31. The van der Waals surface area contributed by atoms with Crippen LogP contribution in [0.15, 0.2) is 36.4 Å². The summed E-state index contributed by atoms with van der Waals surface area (Å²) in [5, 5.41) is 2.13. The molecule has 0 spiro atoms. The van der Waals surface area contributed by atoms with E-state index in [0.29, 0.717) is 22.5 Å². The molecule has 0 aliphatic carbocycles. The van der Waals surface area contributed by atoms with Gasteiger partial charge in [-0.2, -0.15) is 0 Å². The molecule has 0 fully saturated rings. The first-order valence-electron chi connectivity index (χ1n) is 7.21. The summed E-state index contributed by atoms with van der Waals surface area (Å²) in [5.74, 6) is -5.34. The van der Waals surface area contributed by atoms with Crippen molar-refractivity contribution in [3.63, 3.8) is 0 Å². The number of carbonyl (C=O) groups excluding carboxylic acids is 1. The first kappa shape index (κ1) is 19.7. The Hall–Kier alpha value is -2.62. The number of nitrogens with zero attached hydrogens (tertiary/aromatic N) is 1. The molecule has 140 valence electrons. The van der Waals surface area contributed by atoms with E-state index < -0.39 is 45.2 Å². The Bertz CT molecular complexity index is 951. The van der Waals surface area contributed by atoms with Crippen LogP contribution in [0, 0.1) is 23.3 Å². The van der Waals surface area contributed by atoms with E-state index in [-0.39, 0.29) is 11.4 Å². The third kappa shape index (κ3) is 4.31. The standard InChI is InChI=1S/C16H14F4N2O3S/c1-9(16(23)21-15-6-3-10(17)7-14(15)20)22(26(2,24)25)11-4-5-12(18)13(19)8-11/h3-9H,1-2H3,(H,21,23)/t9-/m0/s1. The van der Waals surface area contributed by atoms with Crippen LogP contribution in [0.5, 0.6) is 0 Å². The minimum Gasteiger partial charge on any atom is -0.322 e. The topological polar surface area (TPSA) is 66.5 Å². The van der Waals surface area contributed by atoms with E-state index in [1.165, 1.54) is 6.92 Å². The molecule has 26 heavy (non-hydrogen) atoms. The summed E-state index contributed by atoms with van der Waals surface area (Å²) in [6.07, 6.45) is 0.774. The molecule has 0 aliphatic rings. The SMILES string of the molecule is C[C@@H](C(=O)Nc1ccc(F)cc1F)N(c1ccc(F)c(F)c1)S(C)(=O)=O. The highest BCUT2D eigenvalue weighted by molar-refractivity contribution is 7.92. The predicted octanol–water partition coefficient (Wildman–Crippen LogP) is 3.04. The summed E-state index contributed by atoms with van der Waals surface area (Å²) in [4.78, 5) is 12.3. The Morgan fingerprint density at radius 3 is 2.19 bits per heavy atom. The Labute approximate surface area is 147 Å². The maximum Gasteiger partial charge on any atom is 0.248 e. The molecule has 0 aliphatic heterocycles. The van der Waals surface area contributed by atoms with Gasteiger partial charge in [0.05, 0.1) is 17.6 Å². The van der Waals surface area contributed by atoms with Crippen LogP contribution in [0.1, 0.15) is 6.92 Å². The Kier molecular flexibility index (Phi) is 5.55. The molecule has 2 aromatic carbocycles. The normalized spacial score (nSPS) is 12.5. The molecular formula is C16H14F4N2O3S. The van der Waals surface area contributed by atoms with Crippen LogP contribution in [0.3, 0.4) is 0 Å². The Balaban J connectivity index is 2.35. The predicted molar refractivity (Wildman–Crippen MR) is 88.1 cm³/mol. The lowest BCUT2D eigenvalue weighted by molar-refractivity contribution is -0.116. The van der Waals surface area contributed by atoms with Crippen molar-refractivity contribution in [2.24, 2.45) is 0 Å². The van der Waals surface area contributed by atoms with Gasteiger partial charge in [0.15, 0.2) is 11.6 Å². The maximum absolute atomic E-state index is 13.7. The van der Waals surface area contributed by atoms with E-state index in [1.807, 2.05) is 0 Å². The second kappa shape index (κ2) is 7.32. The van der Waals surface area contributed by atoms with Gasteiger partial charge in [-0.25, -0.2) is 26.0 Å². The van der Waals surface area contributed by atoms with Gasteiger partial charge in [-0.3, -0.25) is 9.10 Å². The maximum atomic E-state index is 13.7. The van der Waals surface area contributed by atoms with Crippen LogP contribution < -0.4 is 9.62 Å². The van der Waals surface area contributed by atoms with E-state index in [9.17, 15) is 30.8 Å². The highest BCUT2D eigenvalue weighted by Crippen LogP contribution is 2.24. The van der Waals surface area contributed by atoms with Crippen LogP contribution in [0.2, 0.25) is 0 Å². The molecule has 10 heteroatoms. The van der Waals surface area contributed by atoms with Gasteiger partial charge < -0.3 is 5.32 Å². The van der Waals surface area contributed by atoms with Crippen LogP contribution in [0.25, 0.3) is 0 Å². The van der Waals surface area contributed by atoms with Gasteiger partial charge in [0.2, 0.25) is 15.9 Å². The zero-order valence-corrected chi connectivity index (χ0v) is 14.5. The number of sulfonamides is 1. The number of nitrogens with one attached hydrogen (secondary N) is 1. The average Bonchev–Trinajstić information content (AvgIpc) is 2.52. The first-order valence-corrected chi connectivity index (χ1v) is 9.06. The van der Waals surface area contributed by atoms with Crippen molar-refractivity contribution < 1.29 is 30.8 Å². The lowest BCUT2D eigenvalue weighted by Crippen LogP contribution is -2.45. The van der Waals surface area contributed by atoms with E-state index >= 15 is 0 Å². The highest BCUT2D eigenvalue weighted by Gasteiger charge is 2.30. The van der Waals surface area contributed by atoms with Crippen LogP contribution in [-0.4, -0.2) is 26.6 Å². The van der Waals surface area contributed by atoms with Crippen molar-refractivity contribution in [3.05, 3.63) is 59.7 Å². The van der Waals surface area contributed by atoms with E-state index in [2.05, 4.69) is 5.32 Å². The molecule has 1 N–H and O–H groups in total. The zero-order valence-electron chi connectivity index (χ0n) is 13.6. The van der Waals surface area contributed by atoms with Gasteiger partial charge in [-0.15, -0.1) is 0 Å². The molecule has 0 unspecified atom stereocenters. The molecule has 0 saturated heterocycles. The summed E-state index contributed by atoms with van der Waals surface area (Å²) >= 11 is 0. The summed E-state index contributed by atoms with van der Waals surface area (Å²) < 4.78 is 77.8. The number of amides is 1. The van der Waals surface area contributed by atoms with Crippen molar-refractivity contribution in [1.82, 2.24) is 0 Å². The largest absolute Gasteiger partial charge is 0.322 e. The summed E-state index contributed by atoms with van der Waals surface area (Å²) in [7, 11) is -4.07. The Morgan fingerprint density at radius 1 is 1.00 bits per heavy atom. The number of hydrogen-bond acceptors (Lipinski definition) is 3. The zero-order chi connectivity index (χ0) is 19.6.